The van der Waals surface area contributed by atoms with Crippen LogP contribution in [-0.2, 0) is 7.05 Å². The van der Waals surface area contributed by atoms with Gasteiger partial charge in [-0.1, -0.05) is 37.3 Å². The highest BCUT2D eigenvalue weighted by atomic mass is 16.3. The van der Waals surface area contributed by atoms with Crippen molar-refractivity contribution >= 4 is 11.7 Å². The van der Waals surface area contributed by atoms with E-state index in [4.69, 9.17) is 0 Å². The molecule has 2 aromatic rings. The average molecular weight is 302 g/mol. The lowest BCUT2D eigenvalue weighted by atomic mass is 10.1. The van der Waals surface area contributed by atoms with Crippen molar-refractivity contribution in [2.75, 3.05) is 11.9 Å². The zero-order valence-corrected chi connectivity index (χ0v) is 12.9. The molecule has 1 aromatic heterocycles. The maximum atomic E-state index is 11.9. The van der Waals surface area contributed by atoms with Gasteiger partial charge in [0.1, 0.15) is 5.69 Å². The Hall–Kier alpha value is -2.34. The Bertz CT molecular complexity index is 610. The lowest BCUT2D eigenvalue weighted by Crippen LogP contribution is -2.31. The first kappa shape index (κ1) is 16.0. The second-order valence-electron chi connectivity index (χ2n) is 5.16. The van der Waals surface area contributed by atoms with Crippen molar-refractivity contribution in [2.24, 2.45) is 7.05 Å². The van der Waals surface area contributed by atoms with Crippen molar-refractivity contribution in [1.82, 2.24) is 15.1 Å². The number of amides is 2. The van der Waals surface area contributed by atoms with Crippen molar-refractivity contribution in [3.8, 4) is 11.3 Å². The van der Waals surface area contributed by atoms with Crippen molar-refractivity contribution in [1.29, 1.82) is 0 Å². The molecule has 0 saturated heterocycles. The van der Waals surface area contributed by atoms with Gasteiger partial charge in [0.05, 0.1) is 11.8 Å². The Balaban J connectivity index is 2.00. The number of anilines is 1. The van der Waals surface area contributed by atoms with Crippen LogP contribution < -0.4 is 10.6 Å². The maximum Gasteiger partial charge on any atom is 0.319 e. The Morgan fingerprint density at radius 3 is 2.77 bits per heavy atom. The van der Waals surface area contributed by atoms with E-state index in [1.165, 1.54) is 0 Å². The van der Waals surface area contributed by atoms with E-state index in [1.54, 1.807) is 10.9 Å². The molecule has 0 saturated carbocycles. The predicted molar refractivity (Wildman–Crippen MR) is 86.6 cm³/mol. The number of hydrogen-bond donors (Lipinski definition) is 3. The van der Waals surface area contributed by atoms with Crippen LogP contribution in [0.4, 0.5) is 10.5 Å². The highest BCUT2D eigenvalue weighted by Gasteiger charge is 2.12. The summed E-state index contributed by atoms with van der Waals surface area (Å²) in [6.07, 6.45) is 2.62. The molecule has 6 nitrogen and oxygen atoms in total. The fourth-order valence-corrected chi connectivity index (χ4v) is 2.11. The summed E-state index contributed by atoms with van der Waals surface area (Å²) in [6, 6.07) is 9.39. The second kappa shape index (κ2) is 7.61. The van der Waals surface area contributed by atoms with E-state index in [-0.39, 0.29) is 12.1 Å². The Labute approximate surface area is 130 Å². The van der Waals surface area contributed by atoms with Crippen molar-refractivity contribution in [3.63, 3.8) is 0 Å². The van der Waals surface area contributed by atoms with Gasteiger partial charge in [-0.15, -0.1) is 0 Å². The number of urea groups is 1. The molecule has 2 rings (SSSR count). The highest BCUT2D eigenvalue weighted by molar-refractivity contribution is 5.93. The number of aliphatic hydroxyl groups is 1. The number of benzene rings is 1. The van der Waals surface area contributed by atoms with E-state index in [9.17, 15) is 9.90 Å². The van der Waals surface area contributed by atoms with Crippen LogP contribution in [0.2, 0.25) is 0 Å². The van der Waals surface area contributed by atoms with Crippen LogP contribution in [0.5, 0.6) is 0 Å². The summed E-state index contributed by atoms with van der Waals surface area (Å²) in [5.74, 6) is 0. The molecule has 118 valence electrons. The van der Waals surface area contributed by atoms with E-state index in [1.807, 2.05) is 44.3 Å². The third-order valence-corrected chi connectivity index (χ3v) is 3.36. The van der Waals surface area contributed by atoms with E-state index in [2.05, 4.69) is 15.7 Å². The Morgan fingerprint density at radius 2 is 2.09 bits per heavy atom. The van der Waals surface area contributed by atoms with Crippen molar-refractivity contribution in [3.05, 3.63) is 36.5 Å². The summed E-state index contributed by atoms with van der Waals surface area (Å²) in [4.78, 5) is 11.9. The molecule has 0 aliphatic rings. The molecule has 0 bridgehead atoms. The highest BCUT2D eigenvalue weighted by Crippen LogP contribution is 2.25. The summed E-state index contributed by atoms with van der Waals surface area (Å²) in [5.41, 5.74) is 2.33. The van der Waals surface area contributed by atoms with Crippen LogP contribution in [0.3, 0.4) is 0 Å². The van der Waals surface area contributed by atoms with Gasteiger partial charge in [-0.25, -0.2) is 4.79 Å². The number of hydrogen-bond acceptors (Lipinski definition) is 3. The molecule has 3 N–H and O–H groups in total. The molecule has 0 spiro atoms. The number of rotatable bonds is 6. The quantitative estimate of drug-likeness (QED) is 0.766. The Morgan fingerprint density at radius 1 is 1.36 bits per heavy atom. The molecule has 1 aromatic carbocycles. The summed E-state index contributed by atoms with van der Waals surface area (Å²) >= 11 is 0. The van der Waals surface area contributed by atoms with E-state index in [0.29, 0.717) is 25.1 Å². The number of carbonyl (C=O) groups is 1. The molecule has 6 heteroatoms. The first-order chi connectivity index (χ1) is 10.6. The number of nitrogens with one attached hydrogen (secondary N) is 2. The molecule has 1 heterocycles. The standard InChI is InChI=1S/C16H22N4O2/c1-3-13(21)9-10-17-16(22)18-14-11-20(2)19-15(14)12-7-5-4-6-8-12/h4-8,11,13,21H,3,9-10H2,1-2H3,(H2,17,18,22). The number of nitrogens with zero attached hydrogens (tertiary/aromatic N) is 2. The van der Waals surface area contributed by atoms with E-state index in [0.717, 1.165) is 11.3 Å². The summed E-state index contributed by atoms with van der Waals surface area (Å²) in [7, 11) is 1.81. The third kappa shape index (κ3) is 4.33. The monoisotopic (exact) mass is 302 g/mol. The third-order valence-electron chi connectivity index (χ3n) is 3.36. The largest absolute Gasteiger partial charge is 0.393 e. The summed E-state index contributed by atoms with van der Waals surface area (Å²) < 4.78 is 1.67. The van der Waals surface area contributed by atoms with Crippen LogP contribution in [0.25, 0.3) is 11.3 Å². The zero-order valence-electron chi connectivity index (χ0n) is 12.9. The van der Waals surface area contributed by atoms with E-state index >= 15 is 0 Å². The van der Waals surface area contributed by atoms with E-state index < -0.39 is 0 Å². The molecule has 0 radical (unpaired) electrons. The van der Waals surface area contributed by atoms with Gasteiger partial charge in [-0.05, 0) is 12.8 Å². The number of aryl methyl sites for hydroxylation is 1. The minimum atomic E-state index is -0.376. The minimum Gasteiger partial charge on any atom is -0.393 e. The predicted octanol–water partition coefficient (Wildman–Crippen LogP) is 2.37. The average Bonchev–Trinajstić information content (AvgIpc) is 2.88. The Kier molecular flexibility index (Phi) is 5.55. The molecular weight excluding hydrogens is 280 g/mol. The molecule has 1 atom stereocenters. The van der Waals surface area contributed by atoms with Crippen LogP contribution in [0, 0.1) is 0 Å². The van der Waals surface area contributed by atoms with Gasteiger partial charge in [0, 0.05) is 25.4 Å². The smallest absolute Gasteiger partial charge is 0.319 e. The minimum absolute atomic E-state index is 0.298. The van der Waals surface area contributed by atoms with Crippen LogP contribution >= 0.6 is 0 Å². The normalized spacial score (nSPS) is 12.0. The molecule has 2 amide bonds. The van der Waals surface area contributed by atoms with Crippen LogP contribution in [-0.4, -0.2) is 33.6 Å². The molecule has 0 aliphatic heterocycles. The summed E-state index contributed by atoms with van der Waals surface area (Å²) in [6.45, 7) is 2.34. The first-order valence-corrected chi connectivity index (χ1v) is 7.42. The summed E-state index contributed by atoms with van der Waals surface area (Å²) in [5, 5.41) is 19.4. The number of aliphatic hydroxyl groups excluding tert-OH is 1. The topological polar surface area (TPSA) is 79.2 Å². The fraction of sp³-hybridized carbons (Fsp3) is 0.375. The van der Waals surface area contributed by atoms with Gasteiger partial charge < -0.3 is 15.7 Å². The van der Waals surface area contributed by atoms with Crippen LogP contribution in [0.1, 0.15) is 19.8 Å². The molecule has 22 heavy (non-hydrogen) atoms. The van der Waals surface area contributed by atoms with Gasteiger partial charge in [0.25, 0.3) is 0 Å². The van der Waals surface area contributed by atoms with Crippen molar-refractivity contribution < 1.29 is 9.90 Å². The first-order valence-electron chi connectivity index (χ1n) is 7.42. The second-order valence-corrected chi connectivity index (χ2v) is 5.16. The lowest BCUT2D eigenvalue weighted by Gasteiger charge is -2.10. The molecule has 0 aliphatic carbocycles. The zero-order chi connectivity index (χ0) is 15.9. The maximum absolute atomic E-state index is 11.9. The number of aromatic nitrogens is 2. The van der Waals surface area contributed by atoms with Gasteiger partial charge in [-0.3, -0.25) is 4.68 Å². The molecular formula is C16H22N4O2. The van der Waals surface area contributed by atoms with Crippen molar-refractivity contribution in [2.45, 2.75) is 25.9 Å². The molecule has 0 fully saturated rings. The van der Waals surface area contributed by atoms with Crippen LogP contribution in [0.15, 0.2) is 36.5 Å². The van der Waals surface area contributed by atoms with Gasteiger partial charge >= 0.3 is 6.03 Å². The fourth-order valence-electron chi connectivity index (χ4n) is 2.11. The SMILES string of the molecule is CCC(O)CCNC(=O)Nc1cn(C)nc1-c1ccccc1. The van der Waals surface area contributed by atoms with Gasteiger partial charge in [0.15, 0.2) is 0 Å². The molecule has 1 unspecified atom stereocenters. The van der Waals surface area contributed by atoms with Gasteiger partial charge in [0.2, 0.25) is 0 Å². The number of carbonyl (C=O) groups excluding carboxylic acids is 1. The van der Waals surface area contributed by atoms with Gasteiger partial charge in [-0.2, -0.15) is 5.10 Å². The lowest BCUT2D eigenvalue weighted by molar-refractivity contribution is 0.160.